The fourth-order valence-electron chi connectivity index (χ4n) is 2.30. The van der Waals surface area contributed by atoms with Gasteiger partial charge in [-0.25, -0.2) is 0 Å². The molecule has 1 heterocycles. The van der Waals surface area contributed by atoms with Gasteiger partial charge in [0.1, 0.15) is 0 Å². The largest absolute Gasteiger partial charge is 0.306 e. The zero-order valence-electron chi connectivity index (χ0n) is 11.7. The highest BCUT2D eigenvalue weighted by Crippen LogP contribution is 2.28. The van der Waals surface area contributed by atoms with Crippen molar-refractivity contribution in [1.29, 1.82) is 0 Å². The zero-order valence-corrected chi connectivity index (χ0v) is 13.2. The molecular weight excluding hydrogens is 293 g/mol. The van der Waals surface area contributed by atoms with E-state index < -0.39 is 0 Å². The van der Waals surface area contributed by atoms with E-state index in [1.807, 2.05) is 29.1 Å². The molecule has 0 aliphatic rings. The van der Waals surface area contributed by atoms with Gasteiger partial charge in [-0.05, 0) is 37.1 Å². The number of hydrogen-bond donors (Lipinski definition) is 1. The lowest BCUT2D eigenvalue weighted by Crippen LogP contribution is -2.34. The standard InChI is InChI=1S/C15H19Cl2N3/c1-3-15(13-6-5-12(16)9-14(13)17)19-11(2)10-20-8-4-7-18-20/h4-9,11,15,19H,3,10H2,1-2H3. The third-order valence-corrected chi connectivity index (χ3v) is 3.81. The normalized spacial score (nSPS) is 14.2. The smallest absolute Gasteiger partial charge is 0.0560 e. The molecule has 0 saturated heterocycles. The summed E-state index contributed by atoms with van der Waals surface area (Å²) < 4.78 is 1.92. The number of nitrogens with zero attached hydrogens (tertiary/aromatic N) is 2. The molecule has 1 aromatic carbocycles. The van der Waals surface area contributed by atoms with Crippen LogP contribution in [0.4, 0.5) is 0 Å². The average molecular weight is 312 g/mol. The van der Waals surface area contributed by atoms with Crippen LogP contribution in [0.25, 0.3) is 0 Å². The Morgan fingerprint density at radius 1 is 1.35 bits per heavy atom. The van der Waals surface area contributed by atoms with Crippen molar-refractivity contribution in [2.75, 3.05) is 0 Å². The molecule has 0 radical (unpaired) electrons. The molecule has 0 aliphatic carbocycles. The maximum Gasteiger partial charge on any atom is 0.0560 e. The molecule has 0 bridgehead atoms. The number of hydrogen-bond acceptors (Lipinski definition) is 2. The van der Waals surface area contributed by atoms with Crippen LogP contribution in [0.3, 0.4) is 0 Å². The van der Waals surface area contributed by atoms with Crippen LogP contribution in [-0.4, -0.2) is 15.8 Å². The van der Waals surface area contributed by atoms with Gasteiger partial charge >= 0.3 is 0 Å². The summed E-state index contributed by atoms with van der Waals surface area (Å²) in [5.41, 5.74) is 1.09. The number of halogens is 2. The van der Waals surface area contributed by atoms with Gasteiger partial charge in [0.2, 0.25) is 0 Å². The van der Waals surface area contributed by atoms with Crippen LogP contribution in [0.15, 0.2) is 36.7 Å². The first-order chi connectivity index (χ1) is 9.60. The molecule has 0 amide bonds. The average Bonchev–Trinajstić information content (AvgIpc) is 2.89. The lowest BCUT2D eigenvalue weighted by atomic mass is 10.0. The first-order valence-electron chi connectivity index (χ1n) is 6.78. The number of benzene rings is 1. The van der Waals surface area contributed by atoms with Crippen molar-refractivity contribution in [1.82, 2.24) is 15.1 Å². The third kappa shape index (κ3) is 3.98. The molecule has 1 N–H and O–H groups in total. The van der Waals surface area contributed by atoms with Crippen LogP contribution < -0.4 is 5.32 Å². The highest BCUT2D eigenvalue weighted by molar-refractivity contribution is 6.35. The summed E-state index contributed by atoms with van der Waals surface area (Å²) in [6.45, 7) is 5.12. The Kier molecular flexibility index (Phi) is 5.46. The van der Waals surface area contributed by atoms with Crippen molar-refractivity contribution in [2.24, 2.45) is 0 Å². The van der Waals surface area contributed by atoms with Gasteiger partial charge in [-0.2, -0.15) is 5.10 Å². The molecule has 108 valence electrons. The van der Waals surface area contributed by atoms with E-state index in [2.05, 4.69) is 24.3 Å². The summed E-state index contributed by atoms with van der Waals surface area (Å²) >= 11 is 12.2. The fraction of sp³-hybridized carbons (Fsp3) is 0.400. The zero-order chi connectivity index (χ0) is 14.5. The Bertz CT molecular complexity index is 540. The fourth-order valence-corrected chi connectivity index (χ4v) is 2.84. The van der Waals surface area contributed by atoms with Crippen molar-refractivity contribution in [3.8, 4) is 0 Å². The Hall–Kier alpha value is -1.03. The molecular formula is C15H19Cl2N3. The molecule has 2 rings (SSSR count). The molecule has 0 saturated carbocycles. The van der Waals surface area contributed by atoms with E-state index in [9.17, 15) is 0 Å². The molecule has 2 aromatic rings. The molecule has 20 heavy (non-hydrogen) atoms. The first kappa shape index (κ1) is 15.4. The van der Waals surface area contributed by atoms with E-state index in [1.165, 1.54) is 0 Å². The Morgan fingerprint density at radius 3 is 2.75 bits per heavy atom. The molecule has 0 spiro atoms. The second-order valence-corrected chi connectivity index (χ2v) is 5.77. The monoisotopic (exact) mass is 311 g/mol. The lowest BCUT2D eigenvalue weighted by Gasteiger charge is -2.23. The van der Waals surface area contributed by atoms with Crippen molar-refractivity contribution < 1.29 is 0 Å². The molecule has 0 fully saturated rings. The van der Waals surface area contributed by atoms with Gasteiger partial charge in [0.15, 0.2) is 0 Å². The summed E-state index contributed by atoms with van der Waals surface area (Å²) in [6.07, 6.45) is 4.72. The van der Waals surface area contributed by atoms with Crippen LogP contribution in [0.1, 0.15) is 31.9 Å². The van der Waals surface area contributed by atoms with Crippen molar-refractivity contribution in [3.05, 3.63) is 52.3 Å². The van der Waals surface area contributed by atoms with Crippen molar-refractivity contribution >= 4 is 23.2 Å². The summed E-state index contributed by atoms with van der Waals surface area (Å²) in [6, 6.07) is 8.11. The molecule has 5 heteroatoms. The number of rotatable bonds is 6. The molecule has 3 nitrogen and oxygen atoms in total. The van der Waals surface area contributed by atoms with Gasteiger partial charge in [0.25, 0.3) is 0 Å². The Labute approximate surface area is 129 Å². The minimum atomic E-state index is 0.213. The maximum absolute atomic E-state index is 6.29. The van der Waals surface area contributed by atoms with E-state index in [-0.39, 0.29) is 6.04 Å². The van der Waals surface area contributed by atoms with E-state index in [0.717, 1.165) is 18.5 Å². The predicted molar refractivity (Wildman–Crippen MR) is 84.3 cm³/mol. The van der Waals surface area contributed by atoms with Crippen LogP contribution in [0.5, 0.6) is 0 Å². The lowest BCUT2D eigenvalue weighted by molar-refractivity contribution is 0.393. The summed E-state index contributed by atoms with van der Waals surface area (Å²) in [4.78, 5) is 0. The van der Waals surface area contributed by atoms with Crippen molar-refractivity contribution in [3.63, 3.8) is 0 Å². The van der Waals surface area contributed by atoms with Crippen LogP contribution in [0, 0.1) is 0 Å². The second-order valence-electron chi connectivity index (χ2n) is 4.92. The number of nitrogens with one attached hydrogen (secondary N) is 1. The molecule has 2 atom stereocenters. The highest BCUT2D eigenvalue weighted by atomic mass is 35.5. The molecule has 0 aliphatic heterocycles. The van der Waals surface area contributed by atoms with E-state index in [0.29, 0.717) is 16.1 Å². The predicted octanol–water partition coefficient (Wildman–Crippen LogP) is 4.32. The summed E-state index contributed by atoms with van der Waals surface area (Å²) in [5, 5.41) is 9.19. The van der Waals surface area contributed by atoms with Gasteiger partial charge in [-0.1, -0.05) is 36.2 Å². The second kappa shape index (κ2) is 7.11. The quantitative estimate of drug-likeness (QED) is 0.861. The maximum atomic E-state index is 6.29. The first-order valence-corrected chi connectivity index (χ1v) is 7.54. The van der Waals surface area contributed by atoms with Crippen LogP contribution >= 0.6 is 23.2 Å². The van der Waals surface area contributed by atoms with Crippen LogP contribution in [0.2, 0.25) is 10.0 Å². The summed E-state index contributed by atoms with van der Waals surface area (Å²) in [5.74, 6) is 0. The SMILES string of the molecule is CCC(NC(C)Cn1cccn1)c1ccc(Cl)cc1Cl. The molecule has 1 aromatic heterocycles. The van der Waals surface area contributed by atoms with Crippen LogP contribution in [-0.2, 0) is 6.54 Å². The number of aromatic nitrogens is 2. The van der Waals surface area contributed by atoms with E-state index in [4.69, 9.17) is 23.2 Å². The Morgan fingerprint density at radius 2 is 2.15 bits per heavy atom. The topological polar surface area (TPSA) is 29.9 Å². The molecule has 2 unspecified atom stereocenters. The van der Waals surface area contributed by atoms with E-state index in [1.54, 1.807) is 12.3 Å². The van der Waals surface area contributed by atoms with Crippen molar-refractivity contribution in [2.45, 2.75) is 38.9 Å². The van der Waals surface area contributed by atoms with Gasteiger partial charge in [-0.3, -0.25) is 4.68 Å². The van der Waals surface area contributed by atoms with E-state index >= 15 is 0 Å². The minimum Gasteiger partial charge on any atom is -0.306 e. The minimum absolute atomic E-state index is 0.213. The van der Waals surface area contributed by atoms with Gasteiger partial charge in [0, 0.05) is 34.5 Å². The highest BCUT2D eigenvalue weighted by Gasteiger charge is 2.16. The Balaban J connectivity index is 2.04. The third-order valence-electron chi connectivity index (χ3n) is 3.25. The van der Waals surface area contributed by atoms with Gasteiger partial charge in [-0.15, -0.1) is 0 Å². The van der Waals surface area contributed by atoms with Gasteiger partial charge in [0.05, 0.1) is 6.54 Å². The van der Waals surface area contributed by atoms with Gasteiger partial charge < -0.3 is 5.32 Å². The summed E-state index contributed by atoms with van der Waals surface area (Å²) in [7, 11) is 0.